The van der Waals surface area contributed by atoms with E-state index >= 15 is 0 Å². The standard InChI is InChI=1S/C39H81N2O7P/c1-7-8-9-10-11-12-13-14-15-16-17-22-25-28-31-38(43)40-36(34-48-49(45,46)47-33-32-41(4,5)6)39(44)37(42)30-27-24-21-19-18-20-23-26-29-35(2)3/h35-37,39,42,44H,7-34H2,1-6H3,(H-,40,43,45,46)/p+1/t36-,37+,39-/m0/s1. The molecule has 0 aromatic carbocycles. The number of quaternary nitrogens is 1. The SMILES string of the molecule is CCCCCCCCCCCCCCCCC(=O)N[C@@H](COP(=O)(O)OCC[N+](C)(C)C)[C@H](O)[C@H](O)CCCCCCCCCCC(C)C. The summed E-state index contributed by atoms with van der Waals surface area (Å²) < 4.78 is 23.4. The van der Waals surface area contributed by atoms with Gasteiger partial charge in [0.2, 0.25) is 5.91 Å². The van der Waals surface area contributed by atoms with Crippen LogP contribution in [0.15, 0.2) is 0 Å². The van der Waals surface area contributed by atoms with Crippen LogP contribution in [0, 0.1) is 5.92 Å². The zero-order valence-corrected chi connectivity index (χ0v) is 33.9. The van der Waals surface area contributed by atoms with Gasteiger partial charge in [0.15, 0.2) is 0 Å². The lowest BCUT2D eigenvalue weighted by Crippen LogP contribution is -2.51. The summed E-state index contributed by atoms with van der Waals surface area (Å²) in [6.45, 7) is 6.89. The highest BCUT2D eigenvalue weighted by Gasteiger charge is 2.31. The fraction of sp³-hybridized carbons (Fsp3) is 0.974. The minimum Gasteiger partial charge on any atom is -0.390 e. The number of hydrogen-bond donors (Lipinski definition) is 4. The first-order valence-electron chi connectivity index (χ1n) is 20.3. The number of phosphoric acid groups is 1. The van der Waals surface area contributed by atoms with E-state index in [4.69, 9.17) is 9.05 Å². The molecule has 0 spiro atoms. The van der Waals surface area contributed by atoms with Gasteiger partial charge in [-0.15, -0.1) is 0 Å². The number of carbonyl (C=O) groups excluding carboxylic acids is 1. The van der Waals surface area contributed by atoms with Gasteiger partial charge in [-0.2, -0.15) is 0 Å². The molecule has 1 unspecified atom stereocenters. The van der Waals surface area contributed by atoms with E-state index < -0.39 is 32.7 Å². The van der Waals surface area contributed by atoms with Crippen molar-refractivity contribution < 1.29 is 38.0 Å². The average molecular weight is 722 g/mol. The van der Waals surface area contributed by atoms with Crippen LogP contribution in [0.2, 0.25) is 0 Å². The Bertz CT molecular complexity index is 809. The van der Waals surface area contributed by atoms with E-state index in [0.29, 0.717) is 23.9 Å². The van der Waals surface area contributed by atoms with Gasteiger partial charge in [-0.1, -0.05) is 162 Å². The van der Waals surface area contributed by atoms with Gasteiger partial charge in [0.1, 0.15) is 19.3 Å². The Morgan fingerprint density at radius 1 is 0.673 bits per heavy atom. The van der Waals surface area contributed by atoms with Crippen LogP contribution < -0.4 is 5.32 Å². The van der Waals surface area contributed by atoms with Crippen molar-refractivity contribution >= 4 is 13.7 Å². The number of likely N-dealkylation sites (N-methyl/N-ethyl adjacent to an activating group) is 1. The van der Waals surface area contributed by atoms with Gasteiger partial charge in [0.25, 0.3) is 0 Å². The molecule has 49 heavy (non-hydrogen) atoms. The van der Waals surface area contributed by atoms with Crippen LogP contribution in [0.4, 0.5) is 0 Å². The molecule has 0 fully saturated rings. The van der Waals surface area contributed by atoms with E-state index in [-0.39, 0.29) is 12.5 Å². The lowest BCUT2D eigenvalue weighted by molar-refractivity contribution is -0.870. The third kappa shape index (κ3) is 33.1. The van der Waals surface area contributed by atoms with Crippen LogP contribution in [-0.4, -0.2) is 84.6 Å². The molecule has 0 rings (SSSR count). The Morgan fingerprint density at radius 3 is 1.55 bits per heavy atom. The second-order valence-corrected chi connectivity index (χ2v) is 17.4. The smallest absolute Gasteiger partial charge is 0.390 e. The van der Waals surface area contributed by atoms with Gasteiger partial charge in [-0.3, -0.25) is 13.8 Å². The third-order valence-corrected chi connectivity index (χ3v) is 10.4. The average Bonchev–Trinajstić information content (AvgIpc) is 3.02. The number of unbranched alkanes of at least 4 members (excludes halogenated alkanes) is 20. The molecule has 4 atom stereocenters. The minimum absolute atomic E-state index is 0.0244. The van der Waals surface area contributed by atoms with E-state index in [1.165, 1.54) is 109 Å². The normalized spacial score (nSPS) is 15.3. The van der Waals surface area contributed by atoms with Gasteiger partial charge in [-0.25, -0.2) is 4.57 Å². The van der Waals surface area contributed by atoms with Crippen molar-refractivity contribution in [1.29, 1.82) is 0 Å². The predicted octanol–water partition coefficient (Wildman–Crippen LogP) is 9.46. The number of nitrogens with zero attached hydrogens (tertiary/aromatic N) is 1. The summed E-state index contributed by atoms with van der Waals surface area (Å²) in [4.78, 5) is 23.1. The highest BCUT2D eigenvalue weighted by atomic mass is 31.2. The first-order chi connectivity index (χ1) is 23.3. The second kappa shape index (κ2) is 31.0. The molecule has 10 heteroatoms. The molecule has 0 saturated heterocycles. The number of carbonyl (C=O) groups is 1. The van der Waals surface area contributed by atoms with Crippen molar-refractivity contribution in [3.63, 3.8) is 0 Å². The van der Waals surface area contributed by atoms with Crippen molar-refractivity contribution in [3.8, 4) is 0 Å². The number of phosphoric ester groups is 1. The zero-order valence-electron chi connectivity index (χ0n) is 33.0. The maximum atomic E-state index is 12.8. The molecule has 0 aromatic rings. The monoisotopic (exact) mass is 722 g/mol. The maximum absolute atomic E-state index is 12.8. The third-order valence-electron chi connectivity index (χ3n) is 9.38. The van der Waals surface area contributed by atoms with E-state index in [9.17, 15) is 24.5 Å². The Morgan fingerprint density at radius 2 is 1.10 bits per heavy atom. The number of amides is 1. The minimum atomic E-state index is -4.40. The highest BCUT2D eigenvalue weighted by Crippen LogP contribution is 2.43. The molecule has 0 aliphatic heterocycles. The fourth-order valence-electron chi connectivity index (χ4n) is 6.03. The Balaban J connectivity index is 4.56. The molecule has 0 saturated carbocycles. The topological polar surface area (TPSA) is 125 Å². The molecule has 0 radical (unpaired) electrons. The Hall–Kier alpha value is -0.540. The van der Waals surface area contributed by atoms with Crippen LogP contribution in [-0.2, 0) is 18.4 Å². The predicted molar refractivity (Wildman–Crippen MR) is 205 cm³/mol. The largest absolute Gasteiger partial charge is 0.472 e. The maximum Gasteiger partial charge on any atom is 0.472 e. The molecular weight excluding hydrogens is 639 g/mol. The highest BCUT2D eigenvalue weighted by molar-refractivity contribution is 7.47. The van der Waals surface area contributed by atoms with Gasteiger partial charge in [-0.05, 0) is 18.8 Å². The van der Waals surface area contributed by atoms with Gasteiger partial charge >= 0.3 is 7.82 Å². The van der Waals surface area contributed by atoms with Crippen LogP contribution >= 0.6 is 7.82 Å². The van der Waals surface area contributed by atoms with Crippen molar-refractivity contribution in [1.82, 2.24) is 5.32 Å². The van der Waals surface area contributed by atoms with Crippen LogP contribution in [0.3, 0.4) is 0 Å². The number of aliphatic hydroxyl groups excluding tert-OH is 2. The molecule has 0 aliphatic rings. The van der Waals surface area contributed by atoms with E-state index in [1.807, 2.05) is 21.1 Å². The summed E-state index contributed by atoms with van der Waals surface area (Å²) in [5.41, 5.74) is 0. The molecule has 0 aromatic heterocycles. The second-order valence-electron chi connectivity index (χ2n) is 16.0. The summed E-state index contributed by atoms with van der Waals surface area (Å²) in [6, 6.07) is -1.03. The van der Waals surface area contributed by atoms with Gasteiger partial charge < -0.3 is 24.9 Å². The van der Waals surface area contributed by atoms with Crippen LogP contribution in [0.5, 0.6) is 0 Å². The number of aliphatic hydroxyl groups is 2. The summed E-state index contributed by atoms with van der Waals surface area (Å²) >= 11 is 0. The number of rotatable bonds is 36. The lowest BCUT2D eigenvalue weighted by Gasteiger charge is -2.28. The van der Waals surface area contributed by atoms with E-state index in [1.54, 1.807) is 0 Å². The Kier molecular flexibility index (Phi) is 30.7. The number of hydrogen-bond acceptors (Lipinski definition) is 6. The lowest BCUT2D eigenvalue weighted by atomic mass is 9.99. The quantitative estimate of drug-likeness (QED) is 0.0289. The molecule has 0 aliphatic carbocycles. The van der Waals surface area contributed by atoms with E-state index in [0.717, 1.165) is 44.4 Å². The molecule has 0 heterocycles. The fourth-order valence-corrected chi connectivity index (χ4v) is 6.77. The molecule has 4 N–H and O–H groups in total. The molecule has 9 nitrogen and oxygen atoms in total. The zero-order chi connectivity index (χ0) is 36.8. The van der Waals surface area contributed by atoms with Gasteiger partial charge in [0, 0.05) is 6.42 Å². The van der Waals surface area contributed by atoms with Crippen LogP contribution in [0.25, 0.3) is 0 Å². The van der Waals surface area contributed by atoms with Crippen molar-refractivity contribution in [2.75, 3.05) is 40.9 Å². The van der Waals surface area contributed by atoms with Crippen molar-refractivity contribution in [3.05, 3.63) is 0 Å². The van der Waals surface area contributed by atoms with E-state index in [2.05, 4.69) is 26.1 Å². The van der Waals surface area contributed by atoms with Crippen LogP contribution in [0.1, 0.15) is 181 Å². The molecule has 1 amide bonds. The summed E-state index contributed by atoms with van der Waals surface area (Å²) in [6.07, 6.45) is 25.9. The molecule has 0 bridgehead atoms. The molecule has 294 valence electrons. The Labute approximate surface area is 302 Å². The summed E-state index contributed by atoms with van der Waals surface area (Å²) in [5.74, 6) is 0.514. The van der Waals surface area contributed by atoms with Crippen molar-refractivity contribution in [2.45, 2.75) is 200 Å². The van der Waals surface area contributed by atoms with Gasteiger partial charge in [0.05, 0.1) is 39.9 Å². The first-order valence-corrected chi connectivity index (χ1v) is 21.8. The first kappa shape index (κ1) is 48.5. The summed E-state index contributed by atoms with van der Waals surface area (Å²) in [5, 5.41) is 24.6. The number of nitrogens with one attached hydrogen (secondary N) is 1. The summed E-state index contributed by atoms with van der Waals surface area (Å²) in [7, 11) is 1.44. The molecular formula is C39H82N2O7P+. The van der Waals surface area contributed by atoms with Crippen molar-refractivity contribution in [2.24, 2.45) is 5.92 Å².